The van der Waals surface area contributed by atoms with Crippen LogP contribution in [0, 0.1) is 35.5 Å². The number of nitrogens with one attached hydrogen (secondary N) is 2. The molecule has 0 amide bonds. The summed E-state index contributed by atoms with van der Waals surface area (Å²) in [5.74, 6) is 6.50. The Balaban J connectivity index is 1.12. The smallest absolute Gasteiger partial charge is 0.00196 e. The molecule has 4 heteroatoms. The summed E-state index contributed by atoms with van der Waals surface area (Å²) in [4.78, 5) is 0. The average molecular weight is 633 g/mol. The van der Waals surface area contributed by atoms with Gasteiger partial charge in [-0.2, -0.15) is 0 Å². The quantitative estimate of drug-likeness (QED) is 0.279. The van der Waals surface area contributed by atoms with E-state index in [1.54, 1.807) is 82.6 Å². The maximum atomic E-state index is 3.79. The molecule has 2 atom stereocenters. The second-order valence-corrected chi connectivity index (χ2v) is 24.9. The van der Waals surface area contributed by atoms with Crippen LogP contribution < -0.4 is 10.6 Å². The van der Waals surface area contributed by atoms with E-state index >= 15 is 0 Å². The van der Waals surface area contributed by atoms with Gasteiger partial charge in [0.1, 0.15) is 0 Å². The zero-order valence-electron chi connectivity index (χ0n) is 28.4. The minimum absolute atomic E-state index is 0.000515. The van der Waals surface area contributed by atoms with Crippen LogP contribution in [0.5, 0.6) is 0 Å². The van der Waals surface area contributed by atoms with Gasteiger partial charge in [-0.15, -0.1) is 0 Å². The van der Waals surface area contributed by atoms with E-state index < -0.39 is 0 Å². The van der Waals surface area contributed by atoms with Gasteiger partial charge in [0.15, 0.2) is 0 Å². The Morgan fingerprint density at radius 2 is 1.09 bits per heavy atom. The first-order valence-electron chi connectivity index (χ1n) is 19.3. The first-order chi connectivity index (χ1) is 21.2. The van der Waals surface area contributed by atoms with Crippen molar-refractivity contribution in [2.45, 2.75) is 150 Å². The fourth-order valence-corrected chi connectivity index (χ4v) is 22.4. The standard InChI is InChI=1S/C40H62N2P2/c1-38(2,3)35-5-4-33(34(16-35)25-43(36-6-8-41-23-36)37-7-9-42-24-37)26-44(39-17-27-10-28(18-39)12-29(11-27)19-39)40-20-30-13-31(21-40)15-32(14-30)22-40/h4-5,16,27-32,36-37,41-42H,6-15,17-26H2,1-3H3. The van der Waals surface area contributed by atoms with E-state index in [0.717, 1.165) is 57.1 Å². The molecule has 2 heterocycles. The van der Waals surface area contributed by atoms with E-state index in [2.05, 4.69) is 49.6 Å². The molecule has 0 aromatic heterocycles. The van der Waals surface area contributed by atoms with E-state index in [4.69, 9.17) is 0 Å². The summed E-state index contributed by atoms with van der Waals surface area (Å²) in [7, 11) is -0.00252. The van der Waals surface area contributed by atoms with Crippen LogP contribution in [0.2, 0.25) is 0 Å². The largest absolute Gasteiger partial charge is 0.316 e. The molecule has 1 aromatic carbocycles. The van der Waals surface area contributed by atoms with Crippen LogP contribution >= 0.6 is 15.8 Å². The molecule has 10 aliphatic rings. The molecular formula is C40H62N2P2. The maximum Gasteiger partial charge on any atom is 0.00196 e. The molecule has 11 rings (SSSR count). The van der Waals surface area contributed by atoms with Gasteiger partial charge >= 0.3 is 0 Å². The third-order valence-electron chi connectivity index (χ3n) is 14.9. The lowest BCUT2D eigenvalue weighted by Crippen LogP contribution is -2.56. The van der Waals surface area contributed by atoms with E-state index in [1.165, 1.54) is 51.3 Å². The summed E-state index contributed by atoms with van der Waals surface area (Å²) in [5.41, 5.74) is 7.34. The molecule has 0 spiro atoms. The topological polar surface area (TPSA) is 24.1 Å². The molecule has 2 aliphatic heterocycles. The van der Waals surface area contributed by atoms with Crippen molar-refractivity contribution in [3.8, 4) is 0 Å². The van der Waals surface area contributed by atoms with Crippen molar-refractivity contribution >= 4 is 15.8 Å². The van der Waals surface area contributed by atoms with Crippen LogP contribution in [0.4, 0.5) is 0 Å². The highest BCUT2D eigenvalue weighted by molar-refractivity contribution is 7.60. The van der Waals surface area contributed by atoms with Crippen molar-refractivity contribution < 1.29 is 0 Å². The van der Waals surface area contributed by atoms with E-state index in [9.17, 15) is 0 Å². The number of hydrogen-bond acceptors (Lipinski definition) is 2. The first kappa shape index (κ1) is 30.1. The molecule has 1 aromatic rings. The average Bonchev–Trinajstić information content (AvgIpc) is 3.68. The molecule has 242 valence electrons. The lowest BCUT2D eigenvalue weighted by atomic mass is 9.55. The summed E-state index contributed by atoms with van der Waals surface area (Å²) >= 11 is 0. The molecule has 2 saturated heterocycles. The van der Waals surface area contributed by atoms with Gasteiger partial charge in [0, 0.05) is 13.1 Å². The molecular weight excluding hydrogens is 570 g/mol. The molecule has 8 bridgehead atoms. The van der Waals surface area contributed by atoms with Gasteiger partial charge in [-0.3, -0.25) is 0 Å². The van der Waals surface area contributed by atoms with Crippen LogP contribution in [0.15, 0.2) is 18.2 Å². The van der Waals surface area contributed by atoms with Crippen LogP contribution in [-0.4, -0.2) is 47.8 Å². The van der Waals surface area contributed by atoms with Crippen molar-refractivity contribution in [3.05, 3.63) is 34.9 Å². The molecule has 8 saturated carbocycles. The van der Waals surface area contributed by atoms with Crippen molar-refractivity contribution in [1.29, 1.82) is 0 Å². The lowest BCUT2D eigenvalue weighted by molar-refractivity contribution is 0.0184. The second kappa shape index (κ2) is 11.3. The van der Waals surface area contributed by atoms with Crippen LogP contribution in [0.25, 0.3) is 0 Å². The summed E-state index contributed by atoms with van der Waals surface area (Å²) in [6, 6.07) is 8.12. The van der Waals surface area contributed by atoms with Gasteiger partial charge < -0.3 is 10.6 Å². The van der Waals surface area contributed by atoms with Crippen LogP contribution in [0.3, 0.4) is 0 Å². The molecule has 2 nitrogen and oxygen atoms in total. The van der Waals surface area contributed by atoms with Crippen LogP contribution in [-0.2, 0) is 17.7 Å². The normalized spacial score (nSPS) is 45.3. The SMILES string of the molecule is CC(C)(C)c1ccc(CP(C23CC4CC(CC(C4)C2)C3)C23CC4CC(CC(C4)C2)C3)c(CP(C2CCNC2)C2CCNC2)c1. The van der Waals surface area contributed by atoms with E-state index in [0.29, 0.717) is 0 Å². The van der Waals surface area contributed by atoms with Crippen molar-refractivity contribution in [2.24, 2.45) is 35.5 Å². The Labute approximate surface area is 272 Å². The zero-order chi connectivity index (χ0) is 29.7. The van der Waals surface area contributed by atoms with E-state index in [1.807, 2.05) is 11.1 Å². The Morgan fingerprint density at radius 1 is 0.636 bits per heavy atom. The minimum atomic E-state index is -0.00201. The summed E-state index contributed by atoms with van der Waals surface area (Å²) in [6.45, 7) is 12.4. The molecule has 2 N–H and O–H groups in total. The minimum Gasteiger partial charge on any atom is -0.316 e. The number of benzene rings is 1. The van der Waals surface area contributed by atoms with Gasteiger partial charge in [-0.25, -0.2) is 0 Å². The van der Waals surface area contributed by atoms with Gasteiger partial charge in [0.2, 0.25) is 0 Å². The Hall–Kier alpha value is -0.0000000000000000555. The van der Waals surface area contributed by atoms with E-state index in [-0.39, 0.29) is 21.3 Å². The molecule has 8 aliphatic carbocycles. The monoisotopic (exact) mass is 632 g/mol. The van der Waals surface area contributed by atoms with Gasteiger partial charge in [0.05, 0.1) is 0 Å². The fourth-order valence-electron chi connectivity index (χ4n) is 13.8. The van der Waals surface area contributed by atoms with Crippen LogP contribution in [0.1, 0.15) is 127 Å². The Morgan fingerprint density at radius 3 is 1.48 bits per heavy atom. The molecule has 44 heavy (non-hydrogen) atoms. The number of rotatable bonds is 8. The highest BCUT2D eigenvalue weighted by atomic mass is 31.1. The highest BCUT2D eigenvalue weighted by Crippen LogP contribution is 2.79. The van der Waals surface area contributed by atoms with Crippen molar-refractivity contribution in [3.63, 3.8) is 0 Å². The van der Waals surface area contributed by atoms with Crippen molar-refractivity contribution in [2.75, 3.05) is 26.2 Å². The summed E-state index contributed by atoms with van der Waals surface area (Å²) < 4.78 is 0. The molecule has 2 unspecified atom stereocenters. The third kappa shape index (κ3) is 5.34. The van der Waals surface area contributed by atoms with Gasteiger partial charge in [-0.1, -0.05) is 54.8 Å². The van der Waals surface area contributed by atoms with Gasteiger partial charge in [-0.05, 0) is 195 Å². The highest BCUT2D eigenvalue weighted by Gasteiger charge is 2.62. The number of hydrogen-bond donors (Lipinski definition) is 2. The Kier molecular flexibility index (Phi) is 7.71. The predicted molar refractivity (Wildman–Crippen MR) is 191 cm³/mol. The molecule has 10 fully saturated rings. The molecule has 0 radical (unpaired) electrons. The maximum absolute atomic E-state index is 3.79. The fraction of sp³-hybridized carbons (Fsp3) is 0.850. The second-order valence-electron chi connectivity index (χ2n) is 19.1. The lowest BCUT2D eigenvalue weighted by Gasteiger charge is -2.67. The summed E-state index contributed by atoms with van der Waals surface area (Å²) in [5, 5.41) is 9.04. The first-order valence-corrected chi connectivity index (χ1v) is 22.5. The summed E-state index contributed by atoms with van der Waals surface area (Å²) in [6.07, 6.45) is 25.1. The third-order valence-corrected chi connectivity index (χ3v) is 22.4. The Bertz CT molecular complexity index is 1090. The van der Waals surface area contributed by atoms with Gasteiger partial charge in [0.25, 0.3) is 0 Å². The van der Waals surface area contributed by atoms with Crippen molar-refractivity contribution in [1.82, 2.24) is 10.6 Å². The zero-order valence-corrected chi connectivity index (χ0v) is 30.2. The predicted octanol–water partition coefficient (Wildman–Crippen LogP) is 9.61.